The van der Waals surface area contributed by atoms with Crippen LogP contribution >= 0.6 is 0 Å². The van der Waals surface area contributed by atoms with Gasteiger partial charge in [-0.3, -0.25) is 0 Å². The Morgan fingerprint density at radius 2 is 1.77 bits per heavy atom. The minimum Gasteiger partial charge on any atom is -0.393 e. The predicted molar refractivity (Wildman–Crippen MR) is 124 cm³/mol. The van der Waals surface area contributed by atoms with E-state index in [2.05, 4.69) is 59.8 Å². The van der Waals surface area contributed by atoms with E-state index in [1.165, 1.54) is 18.4 Å². The Morgan fingerprint density at radius 1 is 1.00 bits per heavy atom. The standard InChI is InChI=1S/C28H44O3/c1-18(2)19(3)7-8-20(4)22-9-10-23-25(22,5)13-12-24-26(6)14-11-21(29)17-27(26)15-16-28(23,24)31-30-27/h7-8,12,18-23,29H,9-11,13-17H2,1-6H3. The molecule has 9 unspecified atom stereocenters. The molecule has 1 N–H and O–H groups in total. The summed E-state index contributed by atoms with van der Waals surface area (Å²) in [7, 11) is 0. The molecule has 4 aliphatic carbocycles. The third kappa shape index (κ3) is 2.88. The van der Waals surface area contributed by atoms with Crippen molar-refractivity contribution >= 4 is 0 Å². The maximum atomic E-state index is 10.4. The van der Waals surface area contributed by atoms with Gasteiger partial charge in [0.25, 0.3) is 0 Å². The first-order chi connectivity index (χ1) is 14.6. The van der Waals surface area contributed by atoms with Gasteiger partial charge in [-0.1, -0.05) is 59.8 Å². The van der Waals surface area contributed by atoms with Crippen molar-refractivity contribution in [2.45, 2.75) is 110 Å². The van der Waals surface area contributed by atoms with Crippen LogP contribution in [0.3, 0.4) is 0 Å². The zero-order valence-corrected chi connectivity index (χ0v) is 20.6. The molecule has 9 atom stereocenters. The fourth-order valence-corrected chi connectivity index (χ4v) is 8.58. The van der Waals surface area contributed by atoms with E-state index >= 15 is 0 Å². The molecular formula is C28H44O3. The highest BCUT2D eigenvalue weighted by atomic mass is 17.2. The van der Waals surface area contributed by atoms with Crippen molar-refractivity contribution in [2.75, 3.05) is 0 Å². The van der Waals surface area contributed by atoms with E-state index in [0.29, 0.717) is 29.6 Å². The molecule has 0 aromatic carbocycles. The molecule has 31 heavy (non-hydrogen) atoms. The summed E-state index contributed by atoms with van der Waals surface area (Å²) in [6, 6.07) is 0. The van der Waals surface area contributed by atoms with E-state index < -0.39 is 0 Å². The van der Waals surface area contributed by atoms with Gasteiger partial charge in [-0.05, 0) is 79.6 Å². The lowest BCUT2D eigenvalue weighted by atomic mass is 9.44. The Morgan fingerprint density at radius 3 is 2.45 bits per heavy atom. The van der Waals surface area contributed by atoms with Crippen LogP contribution in [-0.2, 0) is 9.78 Å². The van der Waals surface area contributed by atoms with E-state index in [1.807, 2.05) is 0 Å². The normalized spacial score (nSPS) is 50.7. The predicted octanol–water partition coefficient (Wildman–Crippen LogP) is 6.62. The first-order valence-corrected chi connectivity index (χ1v) is 13.0. The largest absolute Gasteiger partial charge is 0.393 e. The zero-order chi connectivity index (χ0) is 22.2. The maximum Gasteiger partial charge on any atom is 0.129 e. The van der Waals surface area contributed by atoms with Gasteiger partial charge in [-0.25, -0.2) is 9.78 Å². The molecule has 0 aromatic rings. The maximum absolute atomic E-state index is 10.4. The summed E-state index contributed by atoms with van der Waals surface area (Å²) in [6.45, 7) is 14.4. The molecule has 3 heteroatoms. The highest BCUT2D eigenvalue weighted by molar-refractivity contribution is 5.40. The molecule has 6 rings (SSSR count). The van der Waals surface area contributed by atoms with Gasteiger partial charge in [0.2, 0.25) is 0 Å². The van der Waals surface area contributed by atoms with Crippen LogP contribution in [-0.4, -0.2) is 22.4 Å². The lowest BCUT2D eigenvalue weighted by molar-refractivity contribution is -0.494. The molecule has 2 saturated heterocycles. The molecule has 2 heterocycles. The van der Waals surface area contributed by atoms with Gasteiger partial charge in [0.15, 0.2) is 0 Å². The minimum atomic E-state index is -0.326. The number of hydrogen-bond acceptors (Lipinski definition) is 3. The van der Waals surface area contributed by atoms with Crippen molar-refractivity contribution in [1.29, 1.82) is 0 Å². The van der Waals surface area contributed by atoms with E-state index in [9.17, 15) is 5.11 Å². The van der Waals surface area contributed by atoms with Gasteiger partial charge in [0.05, 0.1) is 6.10 Å². The van der Waals surface area contributed by atoms with Crippen LogP contribution < -0.4 is 0 Å². The summed E-state index contributed by atoms with van der Waals surface area (Å²) in [4.78, 5) is 12.8. The third-order valence-corrected chi connectivity index (χ3v) is 11.0. The molecule has 0 radical (unpaired) electrons. The molecule has 6 aliphatic rings. The van der Waals surface area contributed by atoms with Crippen LogP contribution in [0.4, 0.5) is 0 Å². The van der Waals surface area contributed by atoms with Crippen molar-refractivity contribution in [3.63, 3.8) is 0 Å². The molecule has 2 bridgehead atoms. The smallest absolute Gasteiger partial charge is 0.129 e. The fraction of sp³-hybridized carbons (Fsp3) is 0.857. The van der Waals surface area contributed by atoms with Gasteiger partial charge in [-0.2, -0.15) is 0 Å². The summed E-state index contributed by atoms with van der Waals surface area (Å²) >= 11 is 0. The summed E-state index contributed by atoms with van der Waals surface area (Å²) in [6.07, 6.45) is 15.7. The van der Waals surface area contributed by atoms with E-state index in [0.717, 1.165) is 38.5 Å². The summed E-state index contributed by atoms with van der Waals surface area (Å²) in [5.74, 6) is 3.14. The molecule has 2 aliphatic heterocycles. The Labute approximate surface area is 189 Å². The van der Waals surface area contributed by atoms with Crippen molar-refractivity contribution in [2.24, 2.45) is 40.4 Å². The molecular weight excluding hydrogens is 384 g/mol. The zero-order valence-electron chi connectivity index (χ0n) is 20.6. The van der Waals surface area contributed by atoms with E-state index in [1.54, 1.807) is 0 Å². The number of aliphatic hydroxyl groups is 1. The van der Waals surface area contributed by atoms with Crippen LogP contribution in [0.1, 0.15) is 92.9 Å². The molecule has 174 valence electrons. The highest BCUT2D eigenvalue weighted by Crippen LogP contribution is 2.73. The summed E-state index contributed by atoms with van der Waals surface area (Å²) in [5, 5.41) is 10.4. The summed E-state index contributed by atoms with van der Waals surface area (Å²) in [5.41, 5.74) is 1.24. The second-order valence-electron chi connectivity index (χ2n) is 12.7. The van der Waals surface area contributed by atoms with Crippen molar-refractivity contribution < 1.29 is 14.9 Å². The van der Waals surface area contributed by atoms with Crippen LogP contribution in [0.25, 0.3) is 0 Å². The molecule has 3 nitrogen and oxygen atoms in total. The van der Waals surface area contributed by atoms with Crippen molar-refractivity contribution in [1.82, 2.24) is 0 Å². The average molecular weight is 429 g/mol. The number of aliphatic hydroxyl groups excluding tert-OH is 1. The van der Waals surface area contributed by atoms with Crippen molar-refractivity contribution in [3.8, 4) is 0 Å². The van der Waals surface area contributed by atoms with Gasteiger partial charge in [-0.15, -0.1) is 0 Å². The number of rotatable bonds is 4. The molecule has 3 saturated carbocycles. The Bertz CT molecular complexity index is 773. The first-order valence-electron chi connectivity index (χ1n) is 13.0. The van der Waals surface area contributed by atoms with Crippen LogP contribution in [0.2, 0.25) is 0 Å². The topological polar surface area (TPSA) is 38.7 Å². The van der Waals surface area contributed by atoms with Gasteiger partial charge in [0.1, 0.15) is 11.2 Å². The quantitative estimate of drug-likeness (QED) is 0.404. The lowest BCUT2D eigenvalue weighted by Gasteiger charge is -2.69. The summed E-state index contributed by atoms with van der Waals surface area (Å²) < 4.78 is 0. The monoisotopic (exact) mass is 428 g/mol. The van der Waals surface area contributed by atoms with Gasteiger partial charge < -0.3 is 5.11 Å². The Kier molecular flexibility index (Phi) is 5.13. The average Bonchev–Trinajstić information content (AvgIpc) is 3.09. The molecule has 0 aromatic heterocycles. The molecule has 2 spiro atoms. The Balaban J connectivity index is 1.46. The van der Waals surface area contributed by atoms with E-state index in [-0.39, 0.29) is 28.1 Å². The highest BCUT2D eigenvalue weighted by Gasteiger charge is 2.73. The number of hydrogen-bond donors (Lipinski definition) is 1. The van der Waals surface area contributed by atoms with Crippen molar-refractivity contribution in [3.05, 3.63) is 23.8 Å². The van der Waals surface area contributed by atoms with Crippen LogP contribution in [0.5, 0.6) is 0 Å². The SMILES string of the molecule is CC(C)C(C)C=CC(C)C1CCC2C34CCC5(CC(O)CCC5(C)C3=CCC12C)OO4. The fourth-order valence-electron chi connectivity index (χ4n) is 8.58. The molecule has 5 fully saturated rings. The minimum absolute atomic E-state index is 0.0142. The number of fused-ring (bicyclic) bond motifs is 3. The van der Waals surface area contributed by atoms with Gasteiger partial charge in [0, 0.05) is 17.8 Å². The van der Waals surface area contributed by atoms with Crippen LogP contribution in [0, 0.1) is 40.4 Å². The Hall–Kier alpha value is -0.640. The second-order valence-corrected chi connectivity index (χ2v) is 12.7. The van der Waals surface area contributed by atoms with Gasteiger partial charge >= 0.3 is 0 Å². The van der Waals surface area contributed by atoms with E-state index in [4.69, 9.17) is 9.78 Å². The lowest BCUT2D eigenvalue weighted by Crippen LogP contribution is -2.71. The second kappa shape index (κ2) is 7.18. The van der Waals surface area contributed by atoms with Crippen LogP contribution in [0.15, 0.2) is 23.8 Å². The first kappa shape index (κ1) is 22.2. The number of allylic oxidation sites excluding steroid dienone is 3. The third-order valence-electron chi connectivity index (χ3n) is 11.0. The molecule has 0 amide bonds.